The van der Waals surface area contributed by atoms with Gasteiger partial charge in [-0.3, -0.25) is 0 Å². The molecule has 7 nitrogen and oxygen atoms in total. The molecular weight excluding hydrogens is 346 g/mol. The van der Waals surface area contributed by atoms with Crippen LogP contribution in [0.25, 0.3) is 5.69 Å². The highest BCUT2D eigenvalue weighted by molar-refractivity contribution is 5.42. The summed E-state index contributed by atoms with van der Waals surface area (Å²) in [5.41, 5.74) is 3.51. The fraction of sp³-hybridized carbons (Fsp3) is 0.300. The molecule has 1 aromatic heterocycles. The fourth-order valence-corrected chi connectivity index (χ4v) is 2.78. The maximum atomic E-state index is 12.0. The molecule has 3 aromatic rings. The van der Waals surface area contributed by atoms with Crippen LogP contribution in [-0.4, -0.2) is 26.0 Å². The molecule has 0 aliphatic rings. The highest BCUT2D eigenvalue weighted by Crippen LogP contribution is 2.27. The molecule has 1 heterocycles. The van der Waals surface area contributed by atoms with E-state index in [0.717, 1.165) is 23.2 Å². The van der Waals surface area contributed by atoms with Gasteiger partial charge in [-0.05, 0) is 42.3 Å². The highest BCUT2D eigenvalue weighted by atomic mass is 16.6. The monoisotopic (exact) mass is 369 g/mol. The lowest BCUT2D eigenvalue weighted by Gasteiger charge is -2.09. The second kappa shape index (κ2) is 8.55. The number of nitrogens with one attached hydrogen (secondary N) is 1. The Labute approximate surface area is 158 Å². The SMILES string of the molecule is COc1ccc(CCNCc2c([O-])on[n+]2-c2ccc(C)cc2)cc1OC. The van der Waals surface area contributed by atoms with Crippen LogP contribution in [0.2, 0.25) is 0 Å². The van der Waals surface area contributed by atoms with Gasteiger partial charge < -0.3 is 24.4 Å². The van der Waals surface area contributed by atoms with E-state index in [1.165, 1.54) is 4.68 Å². The Hall–Kier alpha value is -3.06. The van der Waals surface area contributed by atoms with Crippen LogP contribution in [0.1, 0.15) is 16.8 Å². The summed E-state index contributed by atoms with van der Waals surface area (Å²) in [7, 11) is 3.23. The molecule has 1 N–H and O–H groups in total. The van der Waals surface area contributed by atoms with Gasteiger partial charge in [0.1, 0.15) is 0 Å². The van der Waals surface area contributed by atoms with E-state index in [9.17, 15) is 5.11 Å². The van der Waals surface area contributed by atoms with E-state index in [0.29, 0.717) is 30.3 Å². The Kier molecular flexibility index (Phi) is 5.93. The number of methoxy groups -OCH3 is 2. The minimum atomic E-state index is -0.436. The molecule has 7 heteroatoms. The summed E-state index contributed by atoms with van der Waals surface area (Å²) < 4.78 is 16.9. The Bertz CT molecular complexity index is 891. The summed E-state index contributed by atoms with van der Waals surface area (Å²) in [6.07, 6.45) is 0.782. The van der Waals surface area contributed by atoms with E-state index in [2.05, 4.69) is 10.6 Å². The smallest absolute Gasteiger partial charge is 0.253 e. The topological polar surface area (TPSA) is 83.5 Å². The predicted octanol–water partition coefficient (Wildman–Crippen LogP) is 1.68. The molecule has 0 unspecified atom stereocenters. The van der Waals surface area contributed by atoms with Gasteiger partial charge in [-0.25, -0.2) is 0 Å². The molecule has 0 saturated heterocycles. The number of aryl methyl sites for hydroxylation is 1. The van der Waals surface area contributed by atoms with E-state index in [1.807, 2.05) is 49.4 Å². The number of hydrogen-bond acceptors (Lipinski definition) is 6. The van der Waals surface area contributed by atoms with Crippen molar-refractivity contribution in [3.63, 3.8) is 0 Å². The molecule has 0 saturated carbocycles. The van der Waals surface area contributed by atoms with Gasteiger partial charge >= 0.3 is 0 Å². The highest BCUT2D eigenvalue weighted by Gasteiger charge is 2.19. The maximum absolute atomic E-state index is 12.0. The van der Waals surface area contributed by atoms with E-state index in [4.69, 9.17) is 14.0 Å². The van der Waals surface area contributed by atoms with Gasteiger partial charge in [0.15, 0.2) is 17.4 Å². The zero-order valence-electron chi connectivity index (χ0n) is 15.7. The zero-order chi connectivity index (χ0) is 19.2. The minimum Gasteiger partial charge on any atom is -0.539 e. The molecule has 0 radical (unpaired) electrons. The third-order valence-corrected chi connectivity index (χ3v) is 4.31. The largest absolute Gasteiger partial charge is 0.539 e. The van der Waals surface area contributed by atoms with Gasteiger partial charge in [0.05, 0.1) is 26.0 Å². The van der Waals surface area contributed by atoms with Crippen LogP contribution in [0.3, 0.4) is 0 Å². The first-order valence-electron chi connectivity index (χ1n) is 8.69. The average molecular weight is 369 g/mol. The molecule has 27 heavy (non-hydrogen) atoms. The van der Waals surface area contributed by atoms with Crippen molar-refractivity contribution in [2.45, 2.75) is 19.9 Å². The van der Waals surface area contributed by atoms with Crippen LogP contribution in [0.15, 0.2) is 47.0 Å². The lowest BCUT2D eigenvalue weighted by atomic mass is 10.1. The second-order valence-corrected chi connectivity index (χ2v) is 6.17. The van der Waals surface area contributed by atoms with Crippen molar-refractivity contribution in [3.8, 4) is 23.1 Å². The van der Waals surface area contributed by atoms with Crippen molar-refractivity contribution >= 4 is 0 Å². The summed E-state index contributed by atoms with van der Waals surface area (Å²) in [5.74, 6) is 0.969. The molecule has 3 rings (SSSR count). The van der Waals surface area contributed by atoms with Crippen molar-refractivity contribution in [3.05, 3.63) is 59.3 Å². The van der Waals surface area contributed by atoms with E-state index in [1.54, 1.807) is 14.2 Å². The quantitative estimate of drug-likeness (QED) is 0.480. The van der Waals surface area contributed by atoms with Crippen LogP contribution >= 0.6 is 0 Å². The molecule has 0 amide bonds. The number of ether oxygens (including phenoxy) is 2. The first kappa shape index (κ1) is 18.7. The van der Waals surface area contributed by atoms with Crippen molar-refractivity contribution in [1.82, 2.24) is 10.6 Å². The number of hydrogen-bond donors (Lipinski definition) is 1. The van der Waals surface area contributed by atoms with Crippen molar-refractivity contribution in [2.75, 3.05) is 20.8 Å². The standard InChI is InChI=1S/C20H23N3O4/c1-14-4-7-16(8-5-14)23-17(20(24)27-22-23)13-21-11-10-15-6-9-18(25-2)19(12-15)26-3/h4-9,12,21H,10-11,13H2,1-3H3. The Morgan fingerprint density at radius 1 is 1.07 bits per heavy atom. The van der Waals surface area contributed by atoms with Gasteiger partial charge in [-0.1, -0.05) is 23.8 Å². The van der Waals surface area contributed by atoms with E-state index in [-0.39, 0.29) is 0 Å². The van der Waals surface area contributed by atoms with E-state index >= 15 is 0 Å². The molecule has 0 spiro atoms. The molecule has 2 aromatic carbocycles. The van der Waals surface area contributed by atoms with Gasteiger partial charge in [0.25, 0.3) is 5.69 Å². The van der Waals surface area contributed by atoms with Crippen LogP contribution in [-0.2, 0) is 13.0 Å². The molecule has 0 atom stereocenters. The first-order valence-corrected chi connectivity index (χ1v) is 8.69. The van der Waals surface area contributed by atoms with Gasteiger partial charge in [0, 0.05) is 12.1 Å². The van der Waals surface area contributed by atoms with Crippen LogP contribution < -0.4 is 24.6 Å². The van der Waals surface area contributed by atoms with E-state index < -0.39 is 5.95 Å². The predicted molar refractivity (Wildman–Crippen MR) is 97.2 cm³/mol. The van der Waals surface area contributed by atoms with Gasteiger partial charge in [-0.2, -0.15) is 0 Å². The molecule has 0 bridgehead atoms. The number of nitrogens with zero attached hydrogens (tertiary/aromatic N) is 2. The van der Waals surface area contributed by atoms with Crippen molar-refractivity contribution in [2.24, 2.45) is 0 Å². The Morgan fingerprint density at radius 3 is 2.52 bits per heavy atom. The summed E-state index contributed by atoms with van der Waals surface area (Å²) in [6.45, 7) is 3.06. The number of rotatable bonds is 8. The van der Waals surface area contributed by atoms with Crippen molar-refractivity contribution in [1.29, 1.82) is 0 Å². The summed E-state index contributed by atoms with van der Waals surface area (Å²) >= 11 is 0. The molecule has 142 valence electrons. The van der Waals surface area contributed by atoms with Gasteiger partial charge in [0.2, 0.25) is 5.69 Å². The fourth-order valence-electron chi connectivity index (χ4n) is 2.78. The van der Waals surface area contributed by atoms with Crippen molar-refractivity contribution < 1.29 is 23.8 Å². The minimum absolute atomic E-state index is 0.365. The average Bonchev–Trinajstić information content (AvgIpc) is 3.06. The third-order valence-electron chi connectivity index (χ3n) is 4.31. The zero-order valence-corrected chi connectivity index (χ0v) is 15.7. The lowest BCUT2D eigenvalue weighted by molar-refractivity contribution is -0.677. The molecule has 0 fully saturated rings. The normalized spacial score (nSPS) is 10.8. The number of aromatic nitrogens is 2. The van der Waals surface area contributed by atoms with Crippen LogP contribution in [0.5, 0.6) is 17.4 Å². The molecule has 0 aliphatic heterocycles. The lowest BCUT2D eigenvalue weighted by Crippen LogP contribution is -2.39. The van der Waals surface area contributed by atoms with Crippen LogP contribution in [0.4, 0.5) is 0 Å². The summed E-state index contributed by atoms with van der Waals surface area (Å²) in [4.78, 5) is 0. The second-order valence-electron chi connectivity index (χ2n) is 6.17. The van der Waals surface area contributed by atoms with Gasteiger partial charge in [-0.15, -0.1) is 0 Å². The Morgan fingerprint density at radius 2 is 1.81 bits per heavy atom. The third kappa shape index (κ3) is 4.38. The number of benzene rings is 2. The molecular formula is C20H23N3O4. The van der Waals surface area contributed by atoms with Crippen LogP contribution in [0, 0.1) is 6.92 Å². The summed E-state index contributed by atoms with van der Waals surface area (Å²) in [5, 5.41) is 19.1. The maximum Gasteiger partial charge on any atom is 0.253 e. The summed E-state index contributed by atoms with van der Waals surface area (Å²) in [6, 6.07) is 13.6. The molecule has 0 aliphatic carbocycles. The Balaban J connectivity index is 1.61. The first-order chi connectivity index (χ1) is 13.1.